The topological polar surface area (TPSA) is 79.7 Å². The molecule has 4 aromatic rings. The Hall–Kier alpha value is -3.36. The highest BCUT2D eigenvalue weighted by atomic mass is 19.1. The number of rotatable bonds is 4. The molecule has 3 N–H and O–H groups in total. The van der Waals surface area contributed by atoms with Crippen molar-refractivity contribution in [3.8, 4) is 17.1 Å². The minimum Gasteiger partial charge on any atom is -0.353 e. The summed E-state index contributed by atoms with van der Waals surface area (Å²) in [5.41, 5.74) is 3.20. The average Bonchev–Trinajstić information content (AvgIpc) is 3.14. The van der Waals surface area contributed by atoms with E-state index in [-0.39, 0.29) is 12.0 Å². The molecule has 146 valence electrons. The van der Waals surface area contributed by atoms with E-state index in [1.165, 1.54) is 12.1 Å². The quantitative estimate of drug-likeness (QED) is 0.498. The largest absolute Gasteiger partial charge is 0.353 e. The van der Waals surface area contributed by atoms with Gasteiger partial charge in [0.15, 0.2) is 5.65 Å². The van der Waals surface area contributed by atoms with E-state index in [0.29, 0.717) is 5.82 Å². The first kappa shape index (κ1) is 17.7. The van der Waals surface area contributed by atoms with Gasteiger partial charge in [-0.2, -0.15) is 0 Å². The fraction of sp³-hybridized carbons (Fsp3) is 0.190. The highest BCUT2D eigenvalue weighted by Crippen LogP contribution is 2.28. The zero-order valence-corrected chi connectivity index (χ0v) is 15.6. The van der Waals surface area contributed by atoms with Crippen molar-refractivity contribution in [3.63, 3.8) is 0 Å². The van der Waals surface area contributed by atoms with Gasteiger partial charge in [-0.15, -0.1) is 0 Å². The van der Waals surface area contributed by atoms with Crippen LogP contribution >= 0.6 is 0 Å². The number of nitrogens with zero attached hydrogens (tertiary/aromatic N) is 4. The molecule has 7 nitrogen and oxygen atoms in total. The SMILES string of the molecule is Fc1ccc(-c2nc3ccc(NC4CNCCN4)nc3n2-c2ccncc2)cc1. The van der Waals surface area contributed by atoms with Crippen LogP contribution in [0.25, 0.3) is 28.2 Å². The number of imidazole rings is 1. The third-order valence-corrected chi connectivity index (χ3v) is 4.89. The molecular formula is C21H20FN7. The Balaban J connectivity index is 1.63. The minimum atomic E-state index is -0.279. The second kappa shape index (κ2) is 7.57. The summed E-state index contributed by atoms with van der Waals surface area (Å²) < 4.78 is 15.4. The third kappa shape index (κ3) is 3.55. The van der Waals surface area contributed by atoms with Crippen molar-refractivity contribution in [1.82, 2.24) is 30.2 Å². The Bertz CT molecular complexity index is 1120. The molecule has 4 heterocycles. The van der Waals surface area contributed by atoms with Crippen molar-refractivity contribution >= 4 is 17.0 Å². The van der Waals surface area contributed by atoms with E-state index in [4.69, 9.17) is 9.97 Å². The van der Waals surface area contributed by atoms with E-state index < -0.39 is 0 Å². The van der Waals surface area contributed by atoms with Crippen molar-refractivity contribution in [2.24, 2.45) is 0 Å². The number of aromatic nitrogens is 4. The molecule has 5 rings (SSSR count). The summed E-state index contributed by atoms with van der Waals surface area (Å²) in [6.45, 7) is 2.69. The molecule has 1 fully saturated rings. The maximum atomic E-state index is 13.4. The number of piperazine rings is 1. The van der Waals surface area contributed by atoms with Crippen molar-refractivity contribution < 1.29 is 4.39 Å². The summed E-state index contributed by atoms with van der Waals surface area (Å²) in [4.78, 5) is 13.7. The maximum Gasteiger partial charge on any atom is 0.167 e. The lowest BCUT2D eigenvalue weighted by Gasteiger charge is -2.25. The van der Waals surface area contributed by atoms with Crippen molar-refractivity contribution in [3.05, 3.63) is 66.7 Å². The molecule has 0 bridgehead atoms. The summed E-state index contributed by atoms with van der Waals surface area (Å²) in [5, 5.41) is 10.2. The number of fused-ring (bicyclic) bond motifs is 1. The van der Waals surface area contributed by atoms with Crippen LogP contribution in [0, 0.1) is 5.82 Å². The molecule has 0 saturated carbocycles. The van der Waals surface area contributed by atoms with E-state index >= 15 is 0 Å². The van der Waals surface area contributed by atoms with Crippen LogP contribution in [0.5, 0.6) is 0 Å². The lowest BCUT2D eigenvalue weighted by atomic mass is 10.2. The lowest BCUT2D eigenvalue weighted by molar-refractivity contribution is 0.449. The van der Waals surface area contributed by atoms with Crippen LogP contribution in [-0.2, 0) is 0 Å². The fourth-order valence-corrected chi connectivity index (χ4v) is 3.50. The number of anilines is 1. The van der Waals surface area contributed by atoms with Crippen LogP contribution in [0.3, 0.4) is 0 Å². The van der Waals surface area contributed by atoms with Crippen LogP contribution < -0.4 is 16.0 Å². The molecule has 0 radical (unpaired) electrons. The summed E-state index contributed by atoms with van der Waals surface area (Å²) in [6, 6.07) is 14.0. The van der Waals surface area contributed by atoms with Crippen LogP contribution in [0.15, 0.2) is 60.9 Å². The van der Waals surface area contributed by atoms with Gasteiger partial charge in [-0.3, -0.25) is 14.9 Å². The predicted molar refractivity (Wildman–Crippen MR) is 110 cm³/mol. The molecule has 1 aliphatic rings. The Kier molecular flexibility index (Phi) is 4.63. The number of hydrogen-bond acceptors (Lipinski definition) is 6. The molecule has 29 heavy (non-hydrogen) atoms. The fourth-order valence-electron chi connectivity index (χ4n) is 3.50. The van der Waals surface area contributed by atoms with Gasteiger partial charge in [0.25, 0.3) is 0 Å². The standard InChI is InChI=1S/C21H20FN7/c22-15-3-1-14(2-4-15)20-26-17-5-6-18(27-19-13-24-11-12-25-19)28-21(17)29(20)16-7-9-23-10-8-16/h1-10,19,24-25H,11-13H2,(H,27,28). The van der Waals surface area contributed by atoms with Crippen molar-refractivity contribution in [2.75, 3.05) is 25.0 Å². The number of hydrogen-bond donors (Lipinski definition) is 3. The van der Waals surface area contributed by atoms with Crippen LogP contribution in [0.4, 0.5) is 10.2 Å². The maximum absolute atomic E-state index is 13.4. The highest BCUT2D eigenvalue weighted by Gasteiger charge is 2.17. The molecule has 1 aliphatic heterocycles. The van der Waals surface area contributed by atoms with Gasteiger partial charge >= 0.3 is 0 Å². The Morgan fingerprint density at radius 3 is 2.55 bits per heavy atom. The zero-order valence-electron chi connectivity index (χ0n) is 15.6. The van der Waals surface area contributed by atoms with Crippen LogP contribution in [-0.4, -0.2) is 45.3 Å². The van der Waals surface area contributed by atoms with Crippen molar-refractivity contribution in [1.29, 1.82) is 0 Å². The molecule has 8 heteroatoms. The van der Waals surface area contributed by atoms with Gasteiger partial charge in [-0.05, 0) is 48.5 Å². The number of halogens is 1. The number of pyridine rings is 2. The van der Waals surface area contributed by atoms with E-state index in [1.807, 2.05) is 28.8 Å². The zero-order chi connectivity index (χ0) is 19.6. The minimum absolute atomic E-state index is 0.113. The van der Waals surface area contributed by atoms with Gasteiger partial charge in [-0.25, -0.2) is 14.4 Å². The first-order chi connectivity index (χ1) is 14.3. The monoisotopic (exact) mass is 389 g/mol. The van der Waals surface area contributed by atoms with Gasteiger partial charge in [0.2, 0.25) is 0 Å². The van der Waals surface area contributed by atoms with Gasteiger partial charge in [-0.1, -0.05) is 0 Å². The molecule has 1 atom stereocenters. The van der Waals surface area contributed by atoms with Crippen LogP contribution in [0.1, 0.15) is 0 Å². The normalized spacial score (nSPS) is 16.8. The van der Waals surface area contributed by atoms with Gasteiger partial charge in [0, 0.05) is 37.6 Å². The van der Waals surface area contributed by atoms with Gasteiger partial charge in [0.1, 0.15) is 23.0 Å². The molecule has 1 unspecified atom stereocenters. The van der Waals surface area contributed by atoms with Gasteiger partial charge in [0.05, 0.1) is 11.9 Å². The first-order valence-corrected chi connectivity index (χ1v) is 9.54. The highest BCUT2D eigenvalue weighted by molar-refractivity contribution is 5.81. The second-order valence-electron chi connectivity index (χ2n) is 6.88. The number of nitrogens with one attached hydrogen (secondary N) is 3. The lowest BCUT2D eigenvalue weighted by Crippen LogP contribution is -2.52. The molecule has 1 aromatic carbocycles. The summed E-state index contributed by atoms with van der Waals surface area (Å²) in [6.07, 6.45) is 3.58. The molecular weight excluding hydrogens is 369 g/mol. The summed E-state index contributed by atoms with van der Waals surface area (Å²) in [7, 11) is 0. The summed E-state index contributed by atoms with van der Waals surface area (Å²) >= 11 is 0. The first-order valence-electron chi connectivity index (χ1n) is 9.54. The van der Waals surface area contributed by atoms with E-state index in [2.05, 4.69) is 20.9 Å². The summed E-state index contributed by atoms with van der Waals surface area (Å²) in [5.74, 6) is 1.19. The van der Waals surface area contributed by atoms with E-state index in [1.54, 1.807) is 24.5 Å². The van der Waals surface area contributed by atoms with E-state index in [9.17, 15) is 4.39 Å². The Morgan fingerprint density at radius 1 is 0.966 bits per heavy atom. The van der Waals surface area contributed by atoms with Crippen molar-refractivity contribution in [2.45, 2.75) is 6.17 Å². The molecule has 0 amide bonds. The molecule has 1 saturated heterocycles. The average molecular weight is 389 g/mol. The number of benzene rings is 1. The predicted octanol–water partition coefficient (Wildman–Crippen LogP) is 2.55. The third-order valence-electron chi connectivity index (χ3n) is 4.89. The van der Waals surface area contributed by atoms with Gasteiger partial charge < -0.3 is 10.6 Å². The molecule has 0 spiro atoms. The molecule has 3 aromatic heterocycles. The van der Waals surface area contributed by atoms with Crippen LogP contribution in [0.2, 0.25) is 0 Å². The van der Waals surface area contributed by atoms with E-state index in [0.717, 1.165) is 47.9 Å². The smallest absolute Gasteiger partial charge is 0.167 e. The Labute approximate surface area is 167 Å². The second-order valence-corrected chi connectivity index (χ2v) is 6.88. The Morgan fingerprint density at radius 2 is 1.79 bits per heavy atom. The molecule has 0 aliphatic carbocycles.